The van der Waals surface area contributed by atoms with Crippen LogP contribution in [0.1, 0.15) is 5.56 Å². The molecule has 88 valence electrons. The van der Waals surface area contributed by atoms with Crippen molar-refractivity contribution < 1.29 is 10.2 Å². The summed E-state index contributed by atoms with van der Waals surface area (Å²) < 4.78 is 0. The first kappa shape index (κ1) is 11.8. The lowest BCUT2D eigenvalue weighted by Gasteiger charge is -2.10. The Morgan fingerprint density at radius 3 is 2.59 bits per heavy atom. The molecule has 0 aliphatic carbocycles. The number of rotatable bonds is 3. The molecular weight excluding hydrogens is 238 g/mol. The van der Waals surface area contributed by atoms with Gasteiger partial charge in [-0.1, -0.05) is 29.8 Å². The fourth-order valence-corrected chi connectivity index (χ4v) is 1.70. The monoisotopic (exact) mass is 249 g/mol. The quantitative estimate of drug-likeness (QED) is 0.732. The van der Waals surface area contributed by atoms with Crippen LogP contribution in [0, 0.1) is 0 Å². The molecule has 3 N–H and O–H groups in total. The van der Waals surface area contributed by atoms with Gasteiger partial charge in [0.05, 0.1) is 11.6 Å². The Hall–Kier alpha value is -1.71. The number of hydrogen-bond acceptors (Lipinski definition) is 3. The first-order valence-corrected chi connectivity index (χ1v) is 5.53. The maximum absolute atomic E-state index is 9.31. The molecule has 0 amide bonds. The molecule has 0 bridgehead atoms. The van der Waals surface area contributed by atoms with Crippen LogP contribution in [0.2, 0.25) is 5.02 Å². The Morgan fingerprint density at radius 2 is 1.88 bits per heavy atom. The third-order valence-electron chi connectivity index (χ3n) is 2.41. The molecule has 0 saturated heterocycles. The number of aromatic hydroxyl groups is 1. The zero-order valence-corrected chi connectivity index (χ0v) is 9.78. The van der Waals surface area contributed by atoms with Crippen LogP contribution in [0.15, 0.2) is 42.5 Å². The van der Waals surface area contributed by atoms with Gasteiger partial charge in [-0.05, 0) is 24.3 Å². The summed E-state index contributed by atoms with van der Waals surface area (Å²) in [6.45, 7) is -0.0327. The molecule has 0 fully saturated rings. The Bertz CT molecular complexity index is 529. The second kappa shape index (κ2) is 5.08. The highest BCUT2D eigenvalue weighted by Crippen LogP contribution is 2.28. The SMILES string of the molecule is OCc1ccccc1Nc1ccc(O)c(Cl)c1. The number of aliphatic hydroxyl groups is 1. The molecule has 4 heteroatoms. The molecule has 0 aliphatic rings. The lowest BCUT2D eigenvalue weighted by Crippen LogP contribution is -1.95. The number of nitrogens with one attached hydrogen (secondary N) is 1. The fraction of sp³-hybridized carbons (Fsp3) is 0.0769. The van der Waals surface area contributed by atoms with Gasteiger partial charge < -0.3 is 15.5 Å². The van der Waals surface area contributed by atoms with Gasteiger partial charge in [0.25, 0.3) is 0 Å². The Labute approximate surface area is 104 Å². The average Bonchev–Trinajstić information content (AvgIpc) is 2.34. The maximum atomic E-state index is 9.31. The van der Waals surface area contributed by atoms with Gasteiger partial charge in [0.15, 0.2) is 0 Å². The standard InChI is InChI=1S/C13H12ClNO2/c14-11-7-10(5-6-13(11)17)15-12-4-2-1-3-9(12)8-16/h1-7,15-17H,8H2. The largest absolute Gasteiger partial charge is 0.506 e. The van der Waals surface area contributed by atoms with E-state index < -0.39 is 0 Å². The maximum Gasteiger partial charge on any atom is 0.134 e. The highest BCUT2D eigenvalue weighted by atomic mass is 35.5. The van der Waals surface area contributed by atoms with E-state index in [9.17, 15) is 10.2 Å². The van der Waals surface area contributed by atoms with E-state index in [1.165, 1.54) is 6.07 Å². The van der Waals surface area contributed by atoms with Crippen molar-refractivity contribution in [3.05, 3.63) is 53.1 Å². The van der Waals surface area contributed by atoms with Gasteiger partial charge in [0.2, 0.25) is 0 Å². The zero-order valence-electron chi connectivity index (χ0n) is 9.02. The molecule has 0 aromatic heterocycles. The summed E-state index contributed by atoms with van der Waals surface area (Å²) in [5.74, 6) is 0.0488. The number of aliphatic hydroxyl groups excluding tert-OH is 1. The summed E-state index contributed by atoms with van der Waals surface area (Å²) in [5.41, 5.74) is 2.38. The van der Waals surface area contributed by atoms with Crippen LogP contribution >= 0.6 is 11.6 Å². The van der Waals surface area contributed by atoms with E-state index >= 15 is 0 Å². The third-order valence-corrected chi connectivity index (χ3v) is 2.72. The minimum Gasteiger partial charge on any atom is -0.506 e. The van der Waals surface area contributed by atoms with E-state index in [0.717, 1.165) is 16.9 Å². The first-order valence-electron chi connectivity index (χ1n) is 5.15. The minimum atomic E-state index is -0.0327. The second-order valence-electron chi connectivity index (χ2n) is 3.61. The number of para-hydroxylation sites is 1. The van der Waals surface area contributed by atoms with Crippen molar-refractivity contribution in [1.29, 1.82) is 0 Å². The van der Waals surface area contributed by atoms with Gasteiger partial charge in [-0.25, -0.2) is 0 Å². The van der Waals surface area contributed by atoms with Crippen LogP contribution in [0.5, 0.6) is 5.75 Å². The predicted molar refractivity (Wildman–Crippen MR) is 68.8 cm³/mol. The van der Waals surface area contributed by atoms with Crippen molar-refractivity contribution in [2.75, 3.05) is 5.32 Å². The van der Waals surface area contributed by atoms with Crippen molar-refractivity contribution >= 4 is 23.0 Å². The second-order valence-corrected chi connectivity index (χ2v) is 4.01. The van der Waals surface area contributed by atoms with Crippen LogP contribution in [0.3, 0.4) is 0 Å². The summed E-state index contributed by atoms with van der Waals surface area (Å²) in [6.07, 6.45) is 0. The molecule has 0 heterocycles. The number of phenols is 1. The van der Waals surface area contributed by atoms with Crippen molar-refractivity contribution in [3.8, 4) is 5.75 Å². The number of halogens is 1. The molecule has 17 heavy (non-hydrogen) atoms. The van der Waals surface area contributed by atoms with Gasteiger partial charge in [0, 0.05) is 16.9 Å². The van der Waals surface area contributed by atoms with Crippen molar-refractivity contribution in [2.45, 2.75) is 6.61 Å². The van der Waals surface area contributed by atoms with Gasteiger partial charge in [0.1, 0.15) is 5.75 Å². The molecule has 3 nitrogen and oxygen atoms in total. The molecule has 0 atom stereocenters. The summed E-state index contributed by atoms with van der Waals surface area (Å²) in [6, 6.07) is 12.3. The zero-order chi connectivity index (χ0) is 12.3. The molecule has 0 saturated carbocycles. The van der Waals surface area contributed by atoms with E-state index in [1.54, 1.807) is 12.1 Å². The summed E-state index contributed by atoms with van der Waals surface area (Å²) in [7, 11) is 0. The minimum absolute atomic E-state index is 0.0327. The number of hydrogen-bond donors (Lipinski definition) is 3. The topological polar surface area (TPSA) is 52.5 Å². The molecule has 0 unspecified atom stereocenters. The lowest BCUT2D eigenvalue weighted by atomic mass is 10.2. The van der Waals surface area contributed by atoms with Crippen LogP contribution in [0.25, 0.3) is 0 Å². The van der Waals surface area contributed by atoms with E-state index in [-0.39, 0.29) is 17.4 Å². The summed E-state index contributed by atoms with van der Waals surface area (Å²) in [5, 5.41) is 21.9. The van der Waals surface area contributed by atoms with Crippen LogP contribution in [0.4, 0.5) is 11.4 Å². The molecule has 2 rings (SSSR count). The van der Waals surface area contributed by atoms with Crippen molar-refractivity contribution in [1.82, 2.24) is 0 Å². The van der Waals surface area contributed by atoms with Crippen LogP contribution in [-0.2, 0) is 6.61 Å². The van der Waals surface area contributed by atoms with E-state index in [0.29, 0.717) is 0 Å². The smallest absolute Gasteiger partial charge is 0.134 e. The summed E-state index contributed by atoms with van der Waals surface area (Å²) in [4.78, 5) is 0. The Kier molecular flexibility index (Phi) is 3.52. The van der Waals surface area contributed by atoms with Gasteiger partial charge >= 0.3 is 0 Å². The van der Waals surface area contributed by atoms with Crippen molar-refractivity contribution in [2.24, 2.45) is 0 Å². The molecule has 2 aromatic carbocycles. The molecule has 2 aromatic rings. The Morgan fingerprint density at radius 1 is 1.12 bits per heavy atom. The normalized spacial score (nSPS) is 10.2. The molecule has 0 spiro atoms. The van der Waals surface area contributed by atoms with Gasteiger partial charge in [-0.2, -0.15) is 0 Å². The third kappa shape index (κ3) is 2.70. The van der Waals surface area contributed by atoms with Gasteiger partial charge in [-0.3, -0.25) is 0 Å². The van der Waals surface area contributed by atoms with Crippen molar-refractivity contribution in [3.63, 3.8) is 0 Å². The molecule has 0 aliphatic heterocycles. The average molecular weight is 250 g/mol. The fourth-order valence-electron chi connectivity index (χ4n) is 1.52. The lowest BCUT2D eigenvalue weighted by molar-refractivity contribution is 0.282. The highest BCUT2D eigenvalue weighted by Gasteiger charge is 2.03. The molecular formula is C13H12ClNO2. The number of phenolic OH excluding ortho intramolecular Hbond substituents is 1. The van der Waals surface area contributed by atoms with Gasteiger partial charge in [-0.15, -0.1) is 0 Å². The van der Waals surface area contributed by atoms with E-state index in [4.69, 9.17) is 11.6 Å². The highest BCUT2D eigenvalue weighted by molar-refractivity contribution is 6.32. The number of anilines is 2. The van der Waals surface area contributed by atoms with E-state index in [1.807, 2.05) is 24.3 Å². The Balaban J connectivity index is 2.28. The van der Waals surface area contributed by atoms with E-state index in [2.05, 4.69) is 5.32 Å². The molecule has 0 radical (unpaired) electrons. The first-order chi connectivity index (χ1) is 8.20. The number of benzene rings is 2. The van der Waals surface area contributed by atoms with Crippen LogP contribution in [-0.4, -0.2) is 10.2 Å². The summed E-state index contributed by atoms with van der Waals surface area (Å²) >= 11 is 5.81. The predicted octanol–water partition coefficient (Wildman–Crippen LogP) is 3.28. The van der Waals surface area contributed by atoms with Crippen LogP contribution < -0.4 is 5.32 Å².